The van der Waals surface area contributed by atoms with Gasteiger partial charge in [-0.25, -0.2) is 0 Å². The lowest BCUT2D eigenvalue weighted by molar-refractivity contribution is 0.0956. The van der Waals surface area contributed by atoms with Crippen LogP contribution in [0.1, 0.15) is 31.1 Å². The smallest absolute Gasteiger partial charge is 0.261 e. The molecule has 1 heterocycles. The van der Waals surface area contributed by atoms with Gasteiger partial charge in [0.2, 0.25) is 0 Å². The maximum Gasteiger partial charge on any atom is 0.261 e. The zero-order chi connectivity index (χ0) is 18.1. The van der Waals surface area contributed by atoms with Gasteiger partial charge in [0.15, 0.2) is 4.77 Å². The maximum absolute atomic E-state index is 12.2. The van der Waals surface area contributed by atoms with Crippen molar-refractivity contribution in [3.63, 3.8) is 0 Å². The number of rotatable bonds is 4. The van der Waals surface area contributed by atoms with Crippen molar-refractivity contribution >= 4 is 39.8 Å². The van der Waals surface area contributed by atoms with Gasteiger partial charge in [0, 0.05) is 40.5 Å². The van der Waals surface area contributed by atoms with Crippen LogP contribution in [0.25, 0.3) is 10.9 Å². The first-order valence-corrected chi connectivity index (χ1v) is 9.24. The molecule has 1 amide bonds. The van der Waals surface area contributed by atoms with Gasteiger partial charge < -0.3 is 10.3 Å². The Morgan fingerprint density at radius 1 is 1.38 bits per heavy atom. The number of fused-ring (bicyclic) bond motifs is 1. The fraction of sp³-hybridized carbons (Fsp3) is 0.438. The van der Waals surface area contributed by atoms with E-state index in [9.17, 15) is 13.8 Å². The van der Waals surface area contributed by atoms with Gasteiger partial charge in [-0.2, -0.15) is 0 Å². The SMILES string of the molecule is Cn1c(=S)[nH]c2cc(C(=O)NCC[S@@](=O)C(C)(C)C)ccc2c1=O. The third-order valence-corrected chi connectivity index (χ3v) is 5.94. The third-order valence-electron chi connectivity index (χ3n) is 3.62. The number of hydrogen-bond donors (Lipinski definition) is 2. The first-order valence-electron chi connectivity index (χ1n) is 7.51. The number of H-pyrrole nitrogens is 1. The van der Waals surface area contributed by atoms with Crippen LogP contribution in [0.2, 0.25) is 0 Å². The van der Waals surface area contributed by atoms with E-state index in [1.165, 1.54) is 4.57 Å². The molecule has 2 aromatic rings. The van der Waals surface area contributed by atoms with Crippen LogP contribution in [0.5, 0.6) is 0 Å². The molecule has 0 fully saturated rings. The van der Waals surface area contributed by atoms with Crippen LogP contribution in [0, 0.1) is 4.77 Å². The van der Waals surface area contributed by atoms with E-state index in [0.717, 1.165) is 0 Å². The summed E-state index contributed by atoms with van der Waals surface area (Å²) in [6.45, 7) is 6.03. The van der Waals surface area contributed by atoms with Crippen molar-refractivity contribution in [2.45, 2.75) is 25.5 Å². The van der Waals surface area contributed by atoms with Gasteiger partial charge >= 0.3 is 0 Å². The van der Waals surface area contributed by atoms with Crippen LogP contribution in [0.3, 0.4) is 0 Å². The number of carbonyl (C=O) groups is 1. The molecule has 0 saturated carbocycles. The minimum atomic E-state index is -1.02. The Balaban J connectivity index is 2.16. The quantitative estimate of drug-likeness (QED) is 0.808. The van der Waals surface area contributed by atoms with Gasteiger partial charge in [-0.15, -0.1) is 0 Å². The van der Waals surface area contributed by atoms with Crippen LogP contribution in [-0.4, -0.2) is 36.7 Å². The fourth-order valence-electron chi connectivity index (χ4n) is 2.11. The Bertz CT molecular complexity index is 923. The monoisotopic (exact) mass is 367 g/mol. The van der Waals surface area contributed by atoms with Gasteiger partial charge in [0.25, 0.3) is 11.5 Å². The Morgan fingerprint density at radius 3 is 2.67 bits per heavy atom. The molecule has 0 unspecified atom stereocenters. The average Bonchev–Trinajstić information content (AvgIpc) is 2.51. The minimum absolute atomic E-state index is 0.207. The molecule has 6 nitrogen and oxygen atoms in total. The van der Waals surface area contributed by atoms with Crippen molar-refractivity contribution in [2.24, 2.45) is 7.05 Å². The van der Waals surface area contributed by atoms with Gasteiger partial charge in [-0.05, 0) is 51.2 Å². The average molecular weight is 367 g/mol. The summed E-state index contributed by atoms with van der Waals surface area (Å²) in [5.41, 5.74) is 0.734. The Hall–Kier alpha value is -1.80. The molecule has 0 radical (unpaired) electrons. The summed E-state index contributed by atoms with van der Waals surface area (Å²) in [7, 11) is 0.574. The fourth-order valence-corrected chi connectivity index (χ4v) is 3.21. The van der Waals surface area contributed by atoms with Crippen molar-refractivity contribution in [1.29, 1.82) is 0 Å². The summed E-state index contributed by atoms with van der Waals surface area (Å²) in [5, 5.41) is 3.22. The predicted octanol–water partition coefficient (Wildman–Crippen LogP) is 1.87. The van der Waals surface area contributed by atoms with Crippen molar-refractivity contribution in [3.05, 3.63) is 38.9 Å². The van der Waals surface area contributed by atoms with Crippen molar-refractivity contribution in [2.75, 3.05) is 12.3 Å². The molecule has 0 bridgehead atoms. The van der Waals surface area contributed by atoms with Crippen molar-refractivity contribution in [1.82, 2.24) is 14.9 Å². The van der Waals surface area contributed by atoms with Gasteiger partial charge in [0.1, 0.15) is 0 Å². The molecule has 2 N–H and O–H groups in total. The van der Waals surface area contributed by atoms with Gasteiger partial charge in [0.05, 0.1) is 10.9 Å². The summed E-state index contributed by atoms with van der Waals surface area (Å²) < 4.78 is 13.3. The van der Waals surface area contributed by atoms with Crippen LogP contribution in [0.4, 0.5) is 0 Å². The molecule has 1 aromatic heterocycles. The van der Waals surface area contributed by atoms with Crippen LogP contribution in [-0.2, 0) is 17.8 Å². The predicted molar refractivity (Wildman–Crippen MR) is 99.5 cm³/mol. The zero-order valence-electron chi connectivity index (χ0n) is 14.1. The number of benzene rings is 1. The topological polar surface area (TPSA) is 84.0 Å². The number of aromatic amines is 1. The van der Waals surface area contributed by atoms with Crippen LogP contribution < -0.4 is 10.9 Å². The van der Waals surface area contributed by atoms with E-state index < -0.39 is 10.8 Å². The van der Waals surface area contributed by atoms with Crippen molar-refractivity contribution < 1.29 is 9.00 Å². The highest BCUT2D eigenvalue weighted by Gasteiger charge is 2.19. The molecule has 1 atom stereocenters. The lowest BCUT2D eigenvalue weighted by atomic mass is 10.1. The molecule has 0 aliphatic carbocycles. The van der Waals surface area contributed by atoms with Crippen LogP contribution >= 0.6 is 12.2 Å². The zero-order valence-corrected chi connectivity index (χ0v) is 15.8. The summed E-state index contributed by atoms with van der Waals surface area (Å²) in [6.07, 6.45) is 0. The number of hydrogen-bond acceptors (Lipinski definition) is 4. The number of amides is 1. The van der Waals surface area contributed by atoms with E-state index in [1.54, 1.807) is 25.2 Å². The molecule has 24 heavy (non-hydrogen) atoms. The maximum atomic E-state index is 12.2. The first kappa shape index (κ1) is 18.5. The summed E-state index contributed by atoms with van der Waals surface area (Å²) >= 11 is 5.08. The second kappa shape index (κ2) is 6.98. The van der Waals surface area contributed by atoms with E-state index in [0.29, 0.717) is 33.5 Å². The largest absolute Gasteiger partial charge is 0.351 e. The number of carbonyl (C=O) groups excluding carboxylic acids is 1. The molecular weight excluding hydrogens is 346 g/mol. The highest BCUT2D eigenvalue weighted by atomic mass is 32.2. The normalized spacial score (nSPS) is 13.0. The van der Waals surface area contributed by atoms with E-state index in [1.807, 2.05) is 20.8 Å². The number of nitrogens with one attached hydrogen (secondary N) is 2. The van der Waals surface area contributed by atoms with E-state index in [4.69, 9.17) is 12.2 Å². The van der Waals surface area contributed by atoms with E-state index in [2.05, 4.69) is 10.3 Å². The Labute approximate surface area is 147 Å². The number of aromatic nitrogens is 2. The molecule has 0 saturated heterocycles. The molecular formula is C16H21N3O3S2. The number of nitrogens with zero attached hydrogens (tertiary/aromatic N) is 1. The highest BCUT2D eigenvalue weighted by Crippen LogP contribution is 2.12. The molecule has 2 rings (SSSR count). The van der Waals surface area contributed by atoms with Gasteiger partial charge in [-0.1, -0.05) is 0 Å². The standard InChI is InChI=1S/C16H21N3O3S2/c1-16(2,3)24(22)8-7-17-13(20)10-5-6-11-12(9-10)18-15(23)19(4)14(11)21/h5-6,9H,7-8H2,1-4H3,(H,17,20)(H,18,23)/t24-/m1/s1. The first-order chi connectivity index (χ1) is 11.1. The molecule has 130 valence electrons. The molecule has 0 aliphatic heterocycles. The molecule has 8 heteroatoms. The summed E-state index contributed by atoms with van der Waals surface area (Å²) in [4.78, 5) is 27.3. The second-order valence-electron chi connectivity index (χ2n) is 6.47. The van der Waals surface area contributed by atoms with Gasteiger partial charge in [-0.3, -0.25) is 18.4 Å². The highest BCUT2D eigenvalue weighted by molar-refractivity contribution is 7.86. The van der Waals surface area contributed by atoms with E-state index >= 15 is 0 Å². The lowest BCUT2D eigenvalue weighted by Crippen LogP contribution is -2.32. The third kappa shape index (κ3) is 3.99. The summed E-state index contributed by atoms with van der Waals surface area (Å²) in [5.74, 6) is 0.119. The van der Waals surface area contributed by atoms with Crippen LogP contribution in [0.15, 0.2) is 23.0 Å². The molecule has 1 aromatic carbocycles. The van der Waals surface area contributed by atoms with Crippen molar-refractivity contribution in [3.8, 4) is 0 Å². The summed E-state index contributed by atoms with van der Waals surface area (Å²) in [6, 6.07) is 4.80. The second-order valence-corrected chi connectivity index (χ2v) is 9.18. The Kier molecular flexibility index (Phi) is 5.39. The van der Waals surface area contributed by atoms with E-state index in [-0.39, 0.29) is 16.2 Å². The lowest BCUT2D eigenvalue weighted by Gasteiger charge is -2.17. The minimum Gasteiger partial charge on any atom is -0.351 e. The molecule has 0 aliphatic rings. The Morgan fingerprint density at radius 2 is 2.04 bits per heavy atom. The molecule has 0 spiro atoms.